The van der Waals surface area contributed by atoms with Crippen molar-refractivity contribution >= 4 is 34.4 Å². The van der Waals surface area contributed by atoms with E-state index in [1.807, 2.05) is 19.1 Å². The Bertz CT molecular complexity index is 2300. The number of carbonyl (C=O) groups excluding carboxylic acids is 4. The van der Waals surface area contributed by atoms with E-state index in [-0.39, 0.29) is 42.0 Å². The maximum absolute atomic E-state index is 14.4. The molecule has 0 bridgehead atoms. The van der Waals surface area contributed by atoms with E-state index >= 15 is 0 Å². The minimum atomic E-state index is -1.57. The number of benzene rings is 3. The largest absolute Gasteiger partial charge is 0.496 e. The number of halogens is 1. The number of pyridine rings is 1. The lowest BCUT2D eigenvalue weighted by Gasteiger charge is -2.25. The molecule has 0 radical (unpaired) electrons. The maximum Gasteiger partial charge on any atom is 0.261 e. The first-order valence-electron chi connectivity index (χ1n) is 20.9. The maximum atomic E-state index is 14.4. The van der Waals surface area contributed by atoms with E-state index in [0.717, 1.165) is 64.5 Å². The summed E-state index contributed by atoms with van der Waals surface area (Å²) < 4.78 is 32.0. The average molecular weight is 818 g/mol. The molecule has 1 aliphatic carbocycles. The highest BCUT2D eigenvalue weighted by molar-refractivity contribution is 6.11. The summed E-state index contributed by atoms with van der Waals surface area (Å²) in [5, 5.41) is 9.94. The summed E-state index contributed by atoms with van der Waals surface area (Å²) in [4.78, 5) is 53.0. The number of hydrogen-bond acceptors (Lipinski definition) is 9. The zero-order valence-corrected chi connectivity index (χ0v) is 34.1. The van der Waals surface area contributed by atoms with Gasteiger partial charge in [-0.15, -0.1) is 0 Å². The van der Waals surface area contributed by atoms with Crippen molar-refractivity contribution in [3.63, 3.8) is 0 Å². The van der Waals surface area contributed by atoms with Crippen molar-refractivity contribution in [2.24, 2.45) is 23.5 Å². The molecule has 3 atom stereocenters. The highest BCUT2D eigenvalue weighted by Crippen LogP contribution is 2.35. The Labute approximate surface area is 349 Å². The Kier molecular flexibility index (Phi) is 13.6. The van der Waals surface area contributed by atoms with Gasteiger partial charge >= 0.3 is 0 Å². The van der Waals surface area contributed by atoms with Crippen molar-refractivity contribution in [3.8, 4) is 35.0 Å². The fourth-order valence-corrected chi connectivity index (χ4v) is 8.49. The van der Waals surface area contributed by atoms with Crippen LogP contribution in [0.25, 0.3) is 10.8 Å². The fraction of sp³-hybridized carbons (Fsp3) is 0.426. The molecule has 1 saturated carbocycles. The van der Waals surface area contributed by atoms with E-state index in [0.29, 0.717) is 51.3 Å². The SMILES string of the molecule is CC[C@@H]1[C@H](F)C(=O)N[C@@H]1COc1ncc(C#C[C@H]2CC[C@H](CNCCCCCc3ccc(Oc4cccc5c4C(=O)NC(=O)C5)cc3)CC2)c2cc(C(N)=O)c(OC)cc12. The van der Waals surface area contributed by atoms with E-state index in [1.54, 1.807) is 36.5 Å². The summed E-state index contributed by atoms with van der Waals surface area (Å²) in [5.41, 5.74) is 8.87. The number of hydrogen-bond donors (Lipinski definition) is 4. The monoisotopic (exact) mass is 817 g/mol. The molecule has 3 heterocycles. The molecular formula is C47H52FN5O7. The van der Waals surface area contributed by atoms with Gasteiger partial charge in [-0.25, -0.2) is 9.37 Å². The molecule has 2 fully saturated rings. The van der Waals surface area contributed by atoms with E-state index in [9.17, 15) is 23.6 Å². The Morgan fingerprint density at radius 3 is 2.55 bits per heavy atom. The molecule has 0 unspecified atom stereocenters. The molecule has 1 aromatic heterocycles. The van der Waals surface area contributed by atoms with Crippen LogP contribution in [0.3, 0.4) is 0 Å². The number of methoxy groups -OCH3 is 1. The molecule has 4 aromatic rings. The number of nitrogens with two attached hydrogens (primary N) is 1. The number of primary amides is 1. The van der Waals surface area contributed by atoms with E-state index in [2.05, 4.69) is 44.9 Å². The van der Waals surface area contributed by atoms with Crippen LogP contribution in [0.15, 0.2) is 60.8 Å². The number of imide groups is 1. The average Bonchev–Trinajstić information content (AvgIpc) is 3.53. The van der Waals surface area contributed by atoms with Gasteiger partial charge in [-0.2, -0.15) is 0 Å². The summed E-state index contributed by atoms with van der Waals surface area (Å²) >= 11 is 0. The van der Waals surface area contributed by atoms with Gasteiger partial charge in [0.05, 0.1) is 36.3 Å². The summed E-state index contributed by atoms with van der Waals surface area (Å²) in [5.74, 6) is 6.77. The number of alkyl halides is 1. The Hall–Kier alpha value is -6.00. The topological polar surface area (TPSA) is 171 Å². The Morgan fingerprint density at radius 2 is 1.80 bits per heavy atom. The van der Waals surface area contributed by atoms with Crippen molar-refractivity contribution in [1.29, 1.82) is 0 Å². The number of nitrogens with one attached hydrogen (secondary N) is 3. The molecule has 3 aromatic carbocycles. The van der Waals surface area contributed by atoms with Gasteiger partial charge in [-0.3, -0.25) is 24.5 Å². The molecule has 2 aliphatic heterocycles. The number of carbonyl (C=O) groups is 4. The summed E-state index contributed by atoms with van der Waals surface area (Å²) in [7, 11) is 1.45. The van der Waals surface area contributed by atoms with Crippen LogP contribution in [0.1, 0.15) is 95.7 Å². The van der Waals surface area contributed by atoms with Gasteiger partial charge < -0.3 is 30.6 Å². The highest BCUT2D eigenvalue weighted by Gasteiger charge is 2.42. The Morgan fingerprint density at radius 1 is 1.00 bits per heavy atom. The van der Waals surface area contributed by atoms with Crippen molar-refractivity contribution in [2.45, 2.75) is 83.3 Å². The normalized spacial score (nSPS) is 21.1. The number of ether oxygens (including phenoxy) is 3. The summed E-state index contributed by atoms with van der Waals surface area (Å²) in [6.07, 6.45) is 9.18. The van der Waals surface area contributed by atoms with Crippen LogP contribution in [-0.2, 0) is 22.4 Å². The number of aromatic nitrogens is 1. The number of aryl methyl sites for hydroxylation is 1. The van der Waals surface area contributed by atoms with Crippen LogP contribution >= 0.6 is 0 Å². The van der Waals surface area contributed by atoms with Crippen molar-refractivity contribution < 1.29 is 37.8 Å². The third-order valence-corrected chi connectivity index (χ3v) is 11.9. The predicted octanol–water partition coefficient (Wildman–Crippen LogP) is 6.35. The number of rotatable bonds is 16. The van der Waals surface area contributed by atoms with E-state index in [1.165, 1.54) is 12.7 Å². The second-order valence-electron chi connectivity index (χ2n) is 15.9. The molecular weight excluding hydrogens is 766 g/mol. The van der Waals surface area contributed by atoms with Gasteiger partial charge in [0.25, 0.3) is 17.7 Å². The zero-order chi connectivity index (χ0) is 42.2. The lowest BCUT2D eigenvalue weighted by atomic mass is 9.82. The van der Waals surface area contributed by atoms with Crippen LogP contribution < -0.4 is 35.9 Å². The van der Waals surface area contributed by atoms with Crippen molar-refractivity contribution in [2.75, 3.05) is 26.8 Å². The first-order chi connectivity index (χ1) is 29.1. The first-order valence-corrected chi connectivity index (χ1v) is 20.9. The lowest BCUT2D eigenvalue weighted by molar-refractivity contribution is -0.124. The molecule has 60 heavy (non-hydrogen) atoms. The summed E-state index contributed by atoms with van der Waals surface area (Å²) in [6.45, 7) is 3.85. The molecule has 12 nitrogen and oxygen atoms in total. The number of amides is 4. The van der Waals surface area contributed by atoms with Crippen LogP contribution in [-0.4, -0.2) is 67.6 Å². The first kappa shape index (κ1) is 42.1. The second-order valence-corrected chi connectivity index (χ2v) is 15.9. The van der Waals surface area contributed by atoms with E-state index < -0.39 is 35.9 Å². The van der Waals surface area contributed by atoms with Crippen LogP contribution in [0.5, 0.6) is 23.1 Å². The molecule has 13 heteroatoms. The Balaban J connectivity index is 0.847. The minimum Gasteiger partial charge on any atom is -0.496 e. The molecule has 314 valence electrons. The molecule has 5 N–H and O–H groups in total. The van der Waals surface area contributed by atoms with Gasteiger partial charge in [0.2, 0.25) is 11.8 Å². The lowest BCUT2D eigenvalue weighted by Crippen LogP contribution is -2.37. The molecule has 4 amide bonds. The third kappa shape index (κ3) is 9.88. The number of unbranched alkanes of at least 4 members (excludes halogenated alkanes) is 2. The van der Waals surface area contributed by atoms with Crippen LogP contribution in [0.4, 0.5) is 4.39 Å². The molecule has 7 rings (SSSR count). The van der Waals surface area contributed by atoms with Gasteiger partial charge in [0, 0.05) is 28.8 Å². The zero-order valence-electron chi connectivity index (χ0n) is 34.1. The highest BCUT2D eigenvalue weighted by atomic mass is 19.1. The molecule has 3 aliphatic rings. The van der Waals surface area contributed by atoms with Crippen LogP contribution in [0, 0.1) is 29.6 Å². The van der Waals surface area contributed by atoms with Gasteiger partial charge in [-0.05, 0) is 112 Å². The third-order valence-electron chi connectivity index (χ3n) is 11.9. The smallest absolute Gasteiger partial charge is 0.261 e. The quantitative estimate of drug-likeness (QED) is 0.0572. The van der Waals surface area contributed by atoms with Gasteiger partial charge in [0.15, 0.2) is 6.17 Å². The number of nitrogens with zero attached hydrogens (tertiary/aromatic N) is 1. The van der Waals surface area contributed by atoms with E-state index in [4.69, 9.17) is 19.9 Å². The molecule has 0 spiro atoms. The predicted molar refractivity (Wildman–Crippen MR) is 225 cm³/mol. The molecule has 1 saturated heterocycles. The van der Waals surface area contributed by atoms with Gasteiger partial charge in [0.1, 0.15) is 23.9 Å². The standard InChI is InChI=1S/C47H52FN5O7/c1-3-34-38(52-46(57)43(34)48)27-59-47-36-24-40(58-2)37(44(49)55)23-35(36)32(26-51-47)18-15-29-11-13-30(14-12-29)25-50-21-6-4-5-8-28-16-19-33(20-17-28)60-39-10-7-9-31-22-41(54)53-45(56)42(31)39/h7,9-10,16-17,19-20,23-24,26,29-30,34,38,43,50H,3-6,8,11-14,21-22,25,27H2,1-2H3,(H2,49,55)(H,52,57)(H,53,54,56)/t29-,30-,34-,38+,43-/m0/s1. The number of fused-ring (bicyclic) bond motifs is 2. The van der Waals surface area contributed by atoms with Gasteiger partial charge in [-0.1, -0.05) is 49.5 Å². The minimum absolute atomic E-state index is 0.0391. The second kappa shape index (κ2) is 19.4. The van der Waals surface area contributed by atoms with Crippen molar-refractivity contribution in [1.82, 2.24) is 20.9 Å². The fourth-order valence-electron chi connectivity index (χ4n) is 8.49. The van der Waals surface area contributed by atoms with Crippen LogP contribution in [0.2, 0.25) is 0 Å². The summed E-state index contributed by atoms with van der Waals surface area (Å²) in [6, 6.07) is 16.1. The van der Waals surface area contributed by atoms with Crippen molar-refractivity contribution in [3.05, 3.63) is 88.6 Å².